The van der Waals surface area contributed by atoms with Crippen LogP contribution in [-0.4, -0.2) is 62.8 Å². The molecule has 0 radical (unpaired) electrons. The maximum absolute atomic E-state index is 6.05. The zero-order valence-electron chi connectivity index (χ0n) is 16.3. The fraction of sp³-hybridized carbons (Fsp3) is 0.667. The first-order chi connectivity index (χ1) is 12.6. The Morgan fingerprint density at radius 2 is 1.88 bits per heavy atom. The molecule has 3 unspecified atom stereocenters. The number of rotatable bonds is 2. The maximum Gasteiger partial charge on any atom is 0.194 e. The highest BCUT2D eigenvalue weighted by Gasteiger charge is 2.58. The normalized spacial score (nSPS) is 31.2. The van der Waals surface area contributed by atoms with Crippen LogP contribution >= 0.6 is 0 Å². The van der Waals surface area contributed by atoms with E-state index in [9.17, 15) is 0 Å². The molecule has 3 fully saturated rings. The van der Waals surface area contributed by atoms with Crippen LogP contribution in [0.2, 0.25) is 0 Å². The fourth-order valence-electron chi connectivity index (χ4n) is 5.07. The second-order valence-corrected chi connectivity index (χ2v) is 8.40. The Labute approximate surface area is 157 Å². The monoisotopic (exact) mass is 356 g/mol. The van der Waals surface area contributed by atoms with E-state index < -0.39 is 0 Å². The van der Waals surface area contributed by atoms with Gasteiger partial charge in [-0.05, 0) is 25.0 Å². The van der Waals surface area contributed by atoms with E-state index in [1.165, 1.54) is 18.5 Å². The SMILES string of the molecule is CN=C(NC1C2CCCOC2C1(C)C)N1CCN(c2ccccc2)CC1. The van der Waals surface area contributed by atoms with Gasteiger partial charge in [0, 0.05) is 62.9 Å². The van der Waals surface area contributed by atoms with Gasteiger partial charge in [-0.2, -0.15) is 0 Å². The minimum Gasteiger partial charge on any atom is -0.377 e. The number of hydrogen-bond donors (Lipinski definition) is 1. The number of guanidine groups is 1. The smallest absolute Gasteiger partial charge is 0.194 e. The number of para-hydroxylation sites is 1. The van der Waals surface area contributed by atoms with Crippen molar-refractivity contribution in [3.8, 4) is 0 Å². The molecule has 3 aliphatic rings. The van der Waals surface area contributed by atoms with E-state index >= 15 is 0 Å². The lowest BCUT2D eigenvalue weighted by Gasteiger charge is -2.60. The molecule has 1 aliphatic carbocycles. The summed E-state index contributed by atoms with van der Waals surface area (Å²) in [4.78, 5) is 9.48. The van der Waals surface area contributed by atoms with E-state index in [0.717, 1.165) is 38.7 Å². The molecule has 1 aromatic carbocycles. The number of fused-ring (bicyclic) bond motifs is 1. The summed E-state index contributed by atoms with van der Waals surface area (Å²) in [6, 6.07) is 11.2. The highest BCUT2D eigenvalue weighted by molar-refractivity contribution is 5.81. The van der Waals surface area contributed by atoms with Crippen LogP contribution in [0.1, 0.15) is 26.7 Å². The van der Waals surface area contributed by atoms with Gasteiger partial charge in [-0.15, -0.1) is 0 Å². The van der Waals surface area contributed by atoms with Crippen molar-refractivity contribution in [2.75, 3.05) is 44.7 Å². The summed E-state index contributed by atoms with van der Waals surface area (Å²) < 4.78 is 6.05. The van der Waals surface area contributed by atoms with Crippen LogP contribution in [0.15, 0.2) is 35.3 Å². The molecular weight excluding hydrogens is 324 g/mol. The highest BCUT2D eigenvalue weighted by atomic mass is 16.5. The van der Waals surface area contributed by atoms with Crippen molar-refractivity contribution in [1.82, 2.24) is 10.2 Å². The standard InChI is InChI=1S/C21H32N4O/c1-21(2)18(17-10-7-15-26-19(17)21)23-20(22-3)25-13-11-24(12-14-25)16-8-5-4-6-9-16/h4-6,8-9,17-19H,7,10-15H2,1-3H3,(H,22,23). The Kier molecular flexibility index (Phi) is 4.82. The van der Waals surface area contributed by atoms with E-state index in [0.29, 0.717) is 18.1 Å². The summed E-state index contributed by atoms with van der Waals surface area (Å²) in [5.74, 6) is 1.68. The van der Waals surface area contributed by atoms with Crippen LogP contribution in [-0.2, 0) is 4.74 Å². The summed E-state index contributed by atoms with van der Waals surface area (Å²) in [7, 11) is 1.91. The molecule has 2 heterocycles. The average Bonchev–Trinajstić information content (AvgIpc) is 2.69. The lowest BCUT2D eigenvalue weighted by molar-refractivity contribution is -0.188. The van der Waals surface area contributed by atoms with Crippen molar-refractivity contribution in [1.29, 1.82) is 0 Å². The number of piperazine rings is 1. The van der Waals surface area contributed by atoms with Crippen molar-refractivity contribution in [3.63, 3.8) is 0 Å². The number of hydrogen-bond acceptors (Lipinski definition) is 3. The Bertz CT molecular complexity index is 637. The third-order valence-corrected chi connectivity index (χ3v) is 6.53. The number of aliphatic imine (C=N–C) groups is 1. The molecule has 2 aliphatic heterocycles. The van der Waals surface area contributed by atoms with E-state index in [2.05, 4.69) is 64.3 Å². The molecule has 2 saturated heterocycles. The number of ether oxygens (including phenoxy) is 1. The predicted octanol–water partition coefficient (Wildman–Crippen LogP) is 2.59. The molecule has 1 N–H and O–H groups in total. The minimum absolute atomic E-state index is 0.173. The van der Waals surface area contributed by atoms with Gasteiger partial charge in [-0.3, -0.25) is 4.99 Å². The predicted molar refractivity (Wildman–Crippen MR) is 107 cm³/mol. The van der Waals surface area contributed by atoms with Gasteiger partial charge in [-0.1, -0.05) is 32.0 Å². The Morgan fingerprint density at radius 1 is 1.15 bits per heavy atom. The van der Waals surface area contributed by atoms with Crippen LogP contribution in [0.5, 0.6) is 0 Å². The van der Waals surface area contributed by atoms with Gasteiger partial charge in [0.1, 0.15) is 0 Å². The number of nitrogens with one attached hydrogen (secondary N) is 1. The van der Waals surface area contributed by atoms with Gasteiger partial charge in [-0.25, -0.2) is 0 Å². The Morgan fingerprint density at radius 3 is 2.58 bits per heavy atom. The molecule has 1 saturated carbocycles. The number of nitrogens with zero attached hydrogens (tertiary/aromatic N) is 3. The molecule has 26 heavy (non-hydrogen) atoms. The third kappa shape index (κ3) is 3.07. The average molecular weight is 357 g/mol. The molecule has 0 bridgehead atoms. The van der Waals surface area contributed by atoms with Gasteiger partial charge in [0.05, 0.1) is 6.10 Å². The van der Waals surface area contributed by atoms with Crippen LogP contribution in [0, 0.1) is 11.3 Å². The molecule has 1 aromatic rings. The van der Waals surface area contributed by atoms with Crippen molar-refractivity contribution >= 4 is 11.6 Å². The van der Waals surface area contributed by atoms with Crippen molar-refractivity contribution in [3.05, 3.63) is 30.3 Å². The van der Waals surface area contributed by atoms with E-state index in [1.54, 1.807) is 0 Å². The van der Waals surface area contributed by atoms with E-state index in [4.69, 9.17) is 4.74 Å². The molecule has 5 heteroatoms. The summed E-state index contributed by atoms with van der Waals surface area (Å²) in [5.41, 5.74) is 1.49. The van der Waals surface area contributed by atoms with Gasteiger partial charge >= 0.3 is 0 Å². The zero-order valence-corrected chi connectivity index (χ0v) is 16.3. The van der Waals surface area contributed by atoms with Crippen LogP contribution < -0.4 is 10.2 Å². The molecule has 5 nitrogen and oxygen atoms in total. The van der Waals surface area contributed by atoms with Crippen molar-refractivity contribution in [2.45, 2.75) is 38.8 Å². The Hall–Kier alpha value is -1.75. The molecule has 3 atom stereocenters. The lowest BCUT2D eigenvalue weighted by Crippen LogP contribution is -2.71. The summed E-state index contributed by atoms with van der Waals surface area (Å²) >= 11 is 0. The fourth-order valence-corrected chi connectivity index (χ4v) is 5.07. The first-order valence-corrected chi connectivity index (χ1v) is 10.0. The first-order valence-electron chi connectivity index (χ1n) is 10.0. The molecule has 0 aromatic heterocycles. The molecule has 142 valence electrons. The number of benzene rings is 1. The first kappa shape index (κ1) is 17.7. The summed E-state index contributed by atoms with van der Waals surface area (Å²) in [5, 5.41) is 3.79. The van der Waals surface area contributed by atoms with E-state index in [1.807, 2.05) is 7.05 Å². The molecule has 0 spiro atoms. The largest absolute Gasteiger partial charge is 0.377 e. The van der Waals surface area contributed by atoms with Crippen LogP contribution in [0.25, 0.3) is 0 Å². The van der Waals surface area contributed by atoms with Crippen LogP contribution in [0.3, 0.4) is 0 Å². The van der Waals surface area contributed by atoms with E-state index in [-0.39, 0.29) is 5.41 Å². The molecule has 4 rings (SSSR count). The molecular formula is C21H32N4O. The highest BCUT2D eigenvalue weighted by Crippen LogP contribution is 2.51. The second-order valence-electron chi connectivity index (χ2n) is 8.40. The summed E-state index contributed by atoms with van der Waals surface area (Å²) in [6.45, 7) is 9.67. The molecule has 0 amide bonds. The van der Waals surface area contributed by atoms with Gasteiger partial charge in [0.2, 0.25) is 0 Å². The second kappa shape index (κ2) is 7.10. The van der Waals surface area contributed by atoms with Gasteiger partial charge < -0.3 is 19.9 Å². The summed E-state index contributed by atoms with van der Waals surface area (Å²) in [6.07, 6.45) is 2.86. The topological polar surface area (TPSA) is 40.1 Å². The zero-order chi connectivity index (χ0) is 18.1. The minimum atomic E-state index is 0.173. The quantitative estimate of drug-likeness (QED) is 0.653. The number of anilines is 1. The van der Waals surface area contributed by atoms with Crippen molar-refractivity contribution in [2.24, 2.45) is 16.3 Å². The third-order valence-electron chi connectivity index (χ3n) is 6.53. The Balaban J connectivity index is 1.37. The van der Waals surface area contributed by atoms with Gasteiger partial charge in [0.25, 0.3) is 0 Å². The van der Waals surface area contributed by atoms with Crippen molar-refractivity contribution < 1.29 is 4.74 Å². The lowest BCUT2D eigenvalue weighted by atomic mass is 9.55. The maximum atomic E-state index is 6.05. The van der Waals surface area contributed by atoms with Crippen LogP contribution in [0.4, 0.5) is 5.69 Å². The van der Waals surface area contributed by atoms with Gasteiger partial charge in [0.15, 0.2) is 5.96 Å².